The molecule has 0 spiro atoms. The number of benzene rings is 1. The number of aromatic nitrogens is 1. The van der Waals surface area contributed by atoms with E-state index in [0.29, 0.717) is 18.1 Å². The highest BCUT2D eigenvalue weighted by Gasteiger charge is 2.31. The zero-order chi connectivity index (χ0) is 19.5. The second kappa shape index (κ2) is 8.06. The van der Waals surface area contributed by atoms with Crippen molar-refractivity contribution in [2.75, 3.05) is 24.2 Å². The van der Waals surface area contributed by atoms with Gasteiger partial charge in [0.25, 0.3) is 0 Å². The summed E-state index contributed by atoms with van der Waals surface area (Å²) in [5.74, 6) is 0. The highest BCUT2D eigenvalue weighted by molar-refractivity contribution is 7.93. The number of unbranched alkanes of at least 4 members (excludes halogenated alkanes) is 1. The summed E-state index contributed by atoms with van der Waals surface area (Å²) >= 11 is 0.922. The van der Waals surface area contributed by atoms with E-state index in [1.807, 2.05) is 25.7 Å². The standard InChI is InChI=1S/C17H24N2O4S3/c1-5-7-12-19(6-2)16-15(18-17(24-16)25(4,20)21)26(22,23)14-10-8-13(3)9-11-14/h8-11H,5-7,12H2,1-4H3. The third-order valence-electron chi connectivity index (χ3n) is 3.91. The quantitative estimate of drug-likeness (QED) is 0.656. The van der Waals surface area contributed by atoms with Crippen molar-refractivity contribution in [3.05, 3.63) is 29.8 Å². The molecule has 1 heterocycles. The molecule has 0 fully saturated rings. The van der Waals surface area contributed by atoms with E-state index in [9.17, 15) is 16.8 Å². The van der Waals surface area contributed by atoms with E-state index < -0.39 is 19.7 Å². The first-order valence-electron chi connectivity index (χ1n) is 8.38. The molecule has 1 aromatic heterocycles. The monoisotopic (exact) mass is 416 g/mol. The van der Waals surface area contributed by atoms with Crippen LogP contribution in [-0.4, -0.2) is 41.2 Å². The van der Waals surface area contributed by atoms with Gasteiger partial charge in [0.15, 0.2) is 5.03 Å². The normalized spacial score (nSPS) is 12.3. The number of rotatable bonds is 8. The van der Waals surface area contributed by atoms with Crippen LogP contribution in [0.2, 0.25) is 0 Å². The molecule has 9 heteroatoms. The Kier molecular flexibility index (Phi) is 6.46. The SMILES string of the molecule is CCCCN(CC)c1sc(S(C)(=O)=O)nc1S(=O)(=O)c1ccc(C)cc1. The van der Waals surface area contributed by atoms with E-state index in [4.69, 9.17) is 0 Å². The number of thiazole rings is 1. The van der Waals surface area contributed by atoms with Gasteiger partial charge in [-0.25, -0.2) is 21.8 Å². The van der Waals surface area contributed by atoms with Crippen molar-refractivity contribution >= 4 is 36.0 Å². The fourth-order valence-corrected chi connectivity index (χ4v) is 6.14. The molecule has 144 valence electrons. The van der Waals surface area contributed by atoms with Crippen molar-refractivity contribution in [3.63, 3.8) is 0 Å². The number of aryl methyl sites for hydroxylation is 1. The van der Waals surface area contributed by atoms with Crippen LogP contribution in [0.5, 0.6) is 0 Å². The minimum Gasteiger partial charge on any atom is -0.361 e. The maximum Gasteiger partial charge on any atom is 0.226 e. The molecule has 2 rings (SSSR count). The Morgan fingerprint density at radius 1 is 1.08 bits per heavy atom. The summed E-state index contributed by atoms with van der Waals surface area (Å²) in [4.78, 5) is 6.03. The number of hydrogen-bond acceptors (Lipinski definition) is 7. The number of nitrogens with zero attached hydrogens (tertiary/aromatic N) is 2. The Hall–Kier alpha value is -1.45. The summed E-state index contributed by atoms with van der Waals surface area (Å²) in [6.07, 6.45) is 2.87. The van der Waals surface area contributed by atoms with Gasteiger partial charge in [-0.3, -0.25) is 0 Å². The average Bonchev–Trinajstić information content (AvgIpc) is 3.02. The van der Waals surface area contributed by atoms with Crippen LogP contribution in [0.25, 0.3) is 0 Å². The molecule has 0 atom stereocenters. The van der Waals surface area contributed by atoms with Crippen molar-refractivity contribution in [2.45, 2.75) is 47.9 Å². The zero-order valence-electron chi connectivity index (χ0n) is 15.4. The molecule has 0 bridgehead atoms. The summed E-state index contributed by atoms with van der Waals surface area (Å²) in [6, 6.07) is 6.47. The van der Waals surface area contributed by atoms with Crippen LogP contribution < -0.4 is 4.90 Å². The van der Waals surface area contributed by atoms with Crippen LogP contribution in [0.1, 0.15) is 32.3 Å². The van der Waals surface area contributed by atoms with Crippen LogP contribution in [0.15, 0.2) is 38.5 Å². The Balaban J connectivity index is 2.65. The van der Waals surface area contributed by atoms with Gasteiger partial charge in [0.2, 0.25) is 24.0 Å². The molecule has 0 saturated heterocycles. The molecule has 2 aromatic rings. The summed E-state index contributed by atoms with van der Waals surface area (Å²) in [6.45, 7) is 7.05. The summed E-state index contributed by atoms with van der Waals surface area (Å²) in [5, 5.41) is 0.215. The summed E-state index contributed by atoms with van der Waals surface area (Å²) < 4.78 is 50.0. The fraction of sp³-hybridized carbons (Fsp3) is 0.471. The van der Waals surface area contributed by atoms with Crippen LogP contribution in [-0.2, 0) is 19.7 Å². The molecule has 0 radical (unpaired) electrons. The second-order valence-electron chi connectivity index (χ2n) is 6.11. The second-order valence-corrected chi connectivity index (χ2v) is 11.1. The van der Waals surface area contributed by atoms with Crippen LogP contribution in [0, 0.1) is 6.92 Å². The predicted molar refractivity (Wildman–Crippen MR) is 105 cm³/mol. The number of sulfone groups is 2. The smallest absolute Gasteiger partial charge is 0.226 e. The van der Waals surface area contributed by atoms with Gasteiger partial charge in [-0.05, 0) is 32.4 Å². The van der Waals surface area contributed by atoms with Crippen molar-refractivity contribution < 1.29 is 16.8 Å². The molecule has 26 heavy (non-hydrogen) atoms. The minimum atomic E-state index is -3.91. The molecule has 0 saturated carbocycles. The Morgan fingerprint density at radius 2 is 1.69 bits per heavy atom. The minimum absolute atomic E-state index is 0.112. The molecular weight excluding hydrogens is 392 g/mol. The van der Waals surface area contributed by atoms with Gasteiger partial charge >= 0.3 is 0 Å². The van der Waals surface area contributed by atoms with E-state index in [-0.39, 0.29) is 14.3 Å². The molecule has 0 aliphatic rings. The van der Waals surface area contributed by atoms with Gasteiger partial charge in [0, 0.05) is 19.3 Å². The van der Waals surface area contributed by atoms with Gasteiger partial charge in [0.05, 0.1) is 4.90 Å². The summed E-state index contributed by atoms with van der Waals surface area (Å²) in [5.41, 5.74) is 0.942. The molecular formula is C17H24N2O4S3. The maximum atomic E-state index is 13.1. The van der Waals surface area contributed by atoms with Crippen molar-refractivity contribution in [1.82, 2.24) is 4.98 Å². The molecule has 0 unspecified atom stereocenters. The van der Waals surface area contributed by atoms with Crippen LogP contribution >= 0.6 is 11.3 Å². The van der Waals surface area contributed by atoms with E-state index in [0.717, 1.165) is 36.0 Å². The number of hydrogen-bond donors (Lipinski definition) is 0. The lowest BCUT2D eigenvalue weighted by Crippen LogP contribution is -2.24. The van der Waals surface area contributed by atoms with Gasteiger partial charge in [0.1, 0.15) is 5.00 Å². The van der Waals surface area contributed by atoms with E-state index in [1.165, 1.54) is 12.1 Å². The van der Waals surface area contributed by atoms with E-state index in [1.54, 1.807) is 12.1 Å². The summed E-state index contributed by atoms with van der Waals surface area (Å²) in [7, 11) is -7.51. The lowest BCUT2D eigenvalue weighted by molar-refractivity contribution is 0.590. The first-order chi connectivity index (χ1) is 12.1. The Morgan fingerprint density at radius 3 is 2.19 bits per heavy atom. The maximum absolute atomic E-state index is 13.1. The zero-order valence-corrected chi connectivity index (χ0v) is 17.8. The van der Waals surface area contributed by atoms with Gasteiger partial charge in [-0.2, -0.15) is 0 Å². The average molecular weight is 417 g/mol. The fourth-order valence-electron chi connectivity index (χ4n) is 2.39. The van der Waals surface area contributed by atoms with Crippen LogP contribution in [0.4, 0.5) is 5.00 Å². The molecule has 0 aliphatic carbocycles. The third-order valence-corrected chi connectivity index (χ3v) is 8.52. The predicted octanol–water partition coefficient (Wildman–Crippen LogP) is 3.31. The third kappa shape index (κ3) is 4.44. The largest absolute Gasteiger partial charge is 0.361 e. The molecule has 0 aliphatic heterocycles. The highest BCUT2D eigenvalue weighted by atomic mass is 32.2. The molecule has 0 amide bonds. The topological polar surface area (TPSA) is 84.4 Å². The van der Waals surface area contributed by atoms with Gasteiger partial charge in [-0.15, -0.1) is 0 Å². The highest BCUT2D eigenvalue weighted by Crippen LogP contribution is 2.37. The Bertz CT molecular complexity index is 962. The first-order valence-corrected chi connectivity index (χ1v) is 12.6. The van der Waals surface area contributed by atoms with E-state index >= 15 is 0 Å². The van der Waals surface area contributed by atoms with E-state index in [2.05, 4.69) is 4.98 Å². The number of anilines is 1. The van der Waals surface area contributed by atoms with Gasteiger partial charge < -0.3 is 4.90 Å². The first kappa shape index (κ1) is 20.9. The molecule has 1 aromatic carbocycles. The van der Waals surface area contributed by atoms with Crippen molar-refractivity contribution in [3.8, 4) is 0 Å². The molecule has 6 nitrogen and oxygen atoms in total. The van der Waals surface area contributed by atoms with Crippen molar-refractivity contribution in [2.24, 2.45) is 0 Å². The molecule has 0 N–H and O–H groups in total. The lowest BCUT2D eigenvalue weighted by Gasteiger charge is -2.21. The van der Waals surface area contributed by atoms with Gasteiger partial charge in [-0.1, -0.05) is 42.4 Å². The Labute approximate surface area is 159 Å². The van der Waals surface area contributed by atoms with Crippen LogP contribution in [0.3, 0.4) is 0 Å². The lowest BCUT2D eigenvalue weighted by atomic mass is 10.2. The van der Waals surface area contributed by atoms with Crippen molar-refractivity contribution in [1.29, 1.82) is 0 Å².